The molecule has 0 unspecified atom stereocenters. The van der Waals surface area contributed by atoms with E-state index >= 15 is 0 Å². The van der Waals surface area contributed by atoms with Gasteiger partial charge in [0.05, 0.1) is 47.1 Å². The number of hydrogen-bond donors (Lipinski definition) is 4. The molecule has 8 aromatic rings. The van der Waals surface area contributed by atoms with Crippen molar-refractivity contribution in [3.63, 3.8) is 0 Å². The fraction of sp³-hybridized carbons (Fsp3) is 0. The number of aromatic nitrogens is 11. The highest BCUT2D eigenvalue weighted by Crippen LogP contribution is 2.06. The molecule has 0 radical (unpaired) electrons. The quantitative estimate of drug-likeness (QED) is 0.253. The van der Waals surface area contributed by atoms with Crippen molar-refractivity contribution in [2.75, 3.05) is 0 Å². The molecule has 176 valence electrons. The van der Waals surface area contributed by atoms with Gasteiger partial charge in [-0.1, -0.05) is 0 Å². The number of imidazole rings is 2. The van der Waals surface area contributed by atoms with Gasteiger partial charge in [0.1, 0.15) is 11.0 Å². The highest BCUT2D eigenvalue weighted by Gasteiger charge is 1.91. The molecular weight excluding hydrogens is 454 g/mol. The Morgan fingerprint density at radius 2 is 1.31 bits per heavy atom. The van der Waals surface area contributed by atoms with E-state index in [0.29, 0.717) is 0 Å². The minimum atomic E-state index is 0.775. The van der Waals surface area contributed by atoms with Crippen molar-refractivity contribution >= 4 is 44.1 Å². The Hall–Kier alpha value is -5.45. The van der Waals surface area contributed by atoms with Crippen molar-refractivity contribution in [2.24, 2.45) is 0 Å². The first-order valence-corrected chi connectivity index (χ1v) is 11.0. The monoisotopic (exact) mass is 475 g/mol. The summed E-state index contributed by atoms with van der Waals surface area (Å²) in [5, 5.41) is 7.78. The Balaban J connectivity index is 0.0000000988. The second kappa shape index (κ2) is 11.1. The summed E-state index contributed by atoms with van der Waals surface area (Å²) in [6, 6.07) is 13.5. The minimum absolute atomic E-state index is 0.775. The predicted molar refractivity (Wildman–Crippen MR) is 138 cm³/mol. The molecule has 0 aliphatic carbocycles. The third-order valence-corrected chi connectivity index (χ3v) is 4.97. The van der Waals surface area contributed by atoms with Crippen molar-refractivity contribution in [2.45, 2.75) is 0 Å². The number of hydrogen-bond acceptors (Lipinski definition) is 7. The van der Waals surface area contributed by atoms with Gasteiger partial charge in [0.15, 0.2) is 5.65 Å². The Kier molecular flexibility index (Phi) is 6.90. The van der Waals surface area contributed by atoms with E-state index in [1.807, 2.05) is 54.9 Å². The number of H-pyrrole nitrogens is 4. The van der Waals surface area contributed by atoms with E-state index in [9.17, 15) is 0 Å². The summed E-state index contributed by atoms with van der Waals surface area (Å²) >= 11 is 0. The summed E-state index contributed by atoms with van der Waals surface area (Å²) in [7, 11) is 0. The van der Waals surface area contributed by atoms with Crippen LogP contribution < -0.4 is 0 Å². The second-order valence-electron chi connectivity index (χ2n) is 7.31. The molecule has 36 heavy (non-hydrogen) atoms. The van der Waals surface area contributed by atoms with Gasteiger partial charge in [0.2, 0.25) is 0 Å². The number of aromatic amines is 4. The first kappa shape index (κ1) is 22.3. The maximum absolute atomic E-state index is 4.11. The fourth-order valence-electron chi connectivity index (χ4n) is 3.22. The van der Waals surface area contributed by atoms with Gasteiger partial charge in [0, 0.05) is 42.6 Å². The van der Waals surface area contributed by atoms with Crippen molar-refractivity contribution in [3.05, 3.63) is 105 Å². The Bertz CT molecular complexity index is 1390. The molecular formula is C25H21N11. The maximum atomic E-state index is 4.11. The topological polar surface area (TPSA) is 153 Å². The molecule has 11 heteroatoms. The van der Waals surface area contributed by atoms with Crippen molar-refractivity contribution in [3.8, 4) is 0 Å². The largest absolute Gasteiger partial charge is 0.360 e. The van der Waals surface area contributed by atoms with Crippen LogP contribution in [0.5, 0.6) is 0 Å². The van der Waals surface area contributed by atoms with Crippen LogP contribution in [0.15, 0.2) is 105 Å². The summed E-state index contributed by atoms with van der Waals surface area (Å²) in [6.45, 7) is 0. The van der Waals surface area contributed by atoms with Crippen molar-refractivity contribution < 1.29 is 0 Å². The molecule has 0 spiro atoms. The zero-order valence-electron chi connectivity index (χ0n) is 18.9. The lowest BCUT2D eigenvalue weighted by molar-refractivity contribution is 1.11. The van der Waals surface area contributed by atoms with Crippen LogP contribution in [0.1, 0.15) is 0 Å². The number of pyridine rings is 4. The van der Waals surface area contributed by atoms with Gasteiger partial charge in [-0.25, -0.2) is 15.0 Å². The highest BCUT2D eigenvalue weighted by atomic mass is 15.1. The summed E-state index contributed by atoms with van der Waals surface area (Å²) in [4.78, 5) is 32.8. The third-order valence-electron chi connectivity index (χ3n) is 4.97. The molecule has 4 N–H and O–H groups in total. The Morgan fingerprint density at radius 1 is 0.556 bits per heavy atom. The van der Waals surface area contributed by atoms with Crippen LogP contribution in [0.4, 0.5) is 0 Å². The van der Waals surface area contributed by atoms with Gasteiger partial charge in [-0.05, 0) is 42.5 Å². The molecule has 0 aromatic carbocycles. The molecule has 0 atom stereocenters. The average molecular weight is 476 g/mol. The van der Waals surface area contributed by atoms with Gasteiger partial charge in [0.25, 0.3) is 0 Å². The maximum Gasteiger partial charge on any atom is 0.177 e. The van der Waals surface area contributed by atoms with Crippen LogP contribution in [0, 0.1) is 0 Å². The third kappa shape index (κ3) is 5.54. The normalized spacial score (nSPS) is 10.2. The number of rotatable bonds is 0. The number of nitrogens with one attached hydrogen (secondary N) is 4. The van der Waals surface area contributed by atoms with E-state index < -0.39 is 0 Å². The highest BCUT2D eigenvalue weighted by molar-refractivity contribution is 5.76. The molecule has 8 heterocycles. The second-order valence-corrected chi connectivity index (χ2v) is 7.31. The van der Waals surface area contributed by atoms with Crippen LogP contribution in [0.2, 0.25) is 0 Å². The molecule has 0 fully saturated rings. The van der Waals surface area contributed by atoms with Crippen LogP contribution in [0.25, 0.3) is 44.1 Å². The van der Waals surface area contributed by atoms with Crippen LogP contribution >= 0.6 is 0 Å². The Labute approximate surface area is 204 Å². The van der Waals surface area contributed by atoms with Gasteiger partial charge < -0.3 is 15.0 Å². The van der Waals surface area contributed by atoms with E-state index in [4.69, 9.17) is 0 Å². The lowest BCUT2D eigenvalue weighted by atomic mass is 10.3. The van der Waals surface area contributed by atoms with Crippen LogP contribution in [-0.2, 0) is 0 Å². The van der Waals surface area contributed by atoms with Gasteiger partial charge in [-0.2, -0.15) is 5.10 Å². The number of fused-ring (bicyclic) bond motifs is 4. The lowest BCUT2D eigenvalue weighted by Gasteiger charge is -1.82. The van der Waals surface area contributed by atoms with Gasteiger partial charge in [-0.15, -0.1) is 0 Å². The number of nitrogens with zero attached hydrogens (tertiary/aromatic N) is 7. The smallest absolute Gasteiger partial charge is 0.177 e. The summed E-state index contributed by atoms with van der Waals surface area (Å²) in [6.07, 6.45) is 17.5. The Morgan fingerprint density at radius 3 is 2.14 bits per heavy atom. The molecule has 0 saturated heterocycles. The summed E-state index contributed by atoms with van der Waals surface area (Å²) < 4.78 is 0. The first-order valence-electron chi connectivity index (χ1n) is 11.0. The zero-order chi connectivity index (χ0) is 24.4. The fourth-order valence-corrected chi connectivity index (χ4v) is 3.22. The van der Waals surface area contributed by atoms with E-state index in [1.54, 1.807) is 49.8 Å². The van der Waals surface area contributed by atoms with Crippen LogP contribution in [-0.4, -0.2) is 55.1 Å². The molecule has 8 rings (SSSR count). The first-order chi connectivity index (χ1) is 17.9. The van der Waals surface area contributed by atoms with E-state index in [1.165, 1.54) is 0 Å². The molecule has 0 amide bonds. The van der Waals surface area contributed by atoms with Crippen molar-refractivity contribution in [1.29, 1.82) is 0 Å². The molecule has 0 saturated carbocycles. The molecule has 8 aromatic heterocycles. The zero-order valence-corrected chi connectivity index (χ0v) is 18.9. The predicted octanol–water partition coefficient (Wildman–Crippen LogP) is 4.44. The van der Waals surface area contributed by atoms with E-state index in [2.05, 4.69) is 55.1 Å². The van der Waals surface area contributed by atoms with E-state index in [0.717, 1.165) is 44.1 Å². The van der Waals surface area contributed by atoms with E-state index in [-0.39, 0.29) is 0 Å². The van der Waals surface area contributed by atoms with Gasteiger partial charge in [-0.3, -0.25) is 20.1 Å². The SMILES string of the molecule is c1cc2[nH]cnc2cn1.c1cc2c[nH]nc2cn1.c1cnc2cc[nH]c2c1.c1cnc2nc[nH]c2c1. The standard InChI is InChI=1S/C7H6N2.3C6H5N3/c1-2-6-7(8-4-1)3-5-9-6;1-2-7-3-6-5(1)8-4-9-6;1-2-7-4-6-5(1)3-8-9-6;1-2-5-6(7-3-1)9-4-8-5/h1-5,9H;2*1-4H,(H,8,9);1-4H,(H,7,8,9). The minimum Gasteiger partial charge on any atom is -0.360 e. The van der Waals surface area contributed by atoms with Crippen molar-refractivity contribution in [1.82, 2.24) is 55.1 Å². The van der Waals surface area contributed by atoms with Crippen LogP contribution in [0.3, 0.4) is 0 Å². The molecule has 11 nitrogen and oxygen atoms in total. The molecule has 0 bridgehead atoms. The lowest BCUT2D eigenvalue weighted by Crippen LogP contribution is -1.71. The molecule has 0 aliphatic rings. The average Bonchev–Trinajstić information content (AvgIpc) is 3.76. The molecule has 0 aliphatic heterocycles. The summed E-state index contributed by atoms with van der Waals surface area (Å²) in [5.74, 6) is 0. The summed E-state index contributed by atoms with van der Waals surface area (Å²) in [5.41, 5.74) is 6.74. The van der Waals surface area contributed by atoms with Gasteiger partial charge >= 0.3 is 0 Å².